The number of fused-ring (bicyclic) bond motifs is 1. The Kier molecular flexibility index (Phi) is 5.42. The third-order valence-corrected chi connectivity index (χ3v) is 7.39. The first-order valence-electron chi connectivity index (χ1n) is 9.32. The average Bonchev–Trinajstić information content (AvgIpc) is 3.14. The first-order chi connectivity index (χ1) is 15.0. The van der Waals surface area contributed by atoms with Gasteiger partial charge in [-0.05, 0) is 47.5 Å². The molecule has 0 aliphatic carbocycles. The van der Waals surface area contributed by atoms with Crippen molar-refractivity contribution in [2.45, 2.75) is 23.5 Å². The fourth-order valence-corrected chi connectivity index (χ4v) is 5.56. The zero-order valence-corrected chi connectivity index (χ0v) is 17.7. The third-order valence-electron chi connectivity index (χ3n) is 5.23. The van der Waals surface area contributed by atoms with Gasteiger partial charge in [-0.25, -0.2) is 13.2 Å². The summed E-state index contributed by atoms with van der Waals surface area (Å²) in [5.74, 6) is -1.28. The molecule has 3 aromatic carbocycles. The quantitative estimate of drug-likeness (QED) is 0.553. The number of carboxylic acids is 1. The minimum Gasteiger partial charge on any atom is -0.480 e. The number of benzene rings is 3. The molecule has 0 unspecified atom stereocenters. The van der Waals surface area contributed by atoms with Gasteiger partial charge in [0.2, 0.25) is 0 Å². The summed E-state index contributed by atoms with van der Waals surface area (Å²) in [6, 6.07) is 13.2. The fourth-order valence-electron chi connectivity index (χ4n) is 3.69. The van der Waals surface area contributed by atoms with E-state index in [1.807, 2.05) is 0 Å². The summed E-state index contributed by atoms with van der Waals surface area (Å²) in [6.45, 7) is 0. The minimum absolute atomic E-state index is 0.0304. The summed E-state index contributed by atoms with van der Waals surface area (Å²) >= 11 is 6.07. The van der Waals surface area contributed by atoms with E-state index >= 15 is 0 Å². The Morgan fingerprint density at radius 2 is 1.69 bits per heavy atom. The van der Waals surface area contributed by atoms with Crippen molar-refractivity contribution in [3.63, 3.8) is 0 Å². The van der Waals surface area contributed by atoms with Crippen LogP contribution in [0.4, 0.5) is 18.9 Å². The van der Waals surface area contributed by atoms with Crippen LogP contribution < -0.4 is 4.31 Å². The van der Waals surface area contributed by atoms with E-state index in [2.05, 4.69) is 0 Å². The molecule has 0 saturated carbocycles. The van der Waals surface area contributed by atoms with E-state index < -0.39 is 33.8 Å². The zero-order chi connectivity index (χ0) is 23.3. The number of hydrogen-bond donors (Lipinski definition) is 1. The normalized spacial score (nSPS) is 16.1. The first kappa shape index (κ1) is 22.2. The number of nitrogens with zero attached hydrogens (tertiary/aromatic N) is 1. The summed E-state index contributed by atoms with van der Waals surface area (Å²) < 4.78 is 66.6. The van der Waals surface area contributed by atoms with E-state index in [0.717, 1.165) is 22.5 Å². The Bertz CT molecular complexity index is 1310. The maximum absolute atomic E-state index is 13.3. The number of rotatable bonds is 4. The predicted octanol–water partition coefficient (Wildman–Crippen LogP) is 5.23. The molecule has 0 fully saturated rings. The Balaban J connectivity index is 1.74. The van der Waals surface area contributed by atoms with Crippen LogP contribution in [0.2, 0.25) is 5.02 Å². The van der Waals surface area contributed by atoms with Gasteiger partial charge in [-0.3, -0.25) is 4.31 Å². The van der Waals surface area contributed by atoms with Crippen LogP contribution in [0.15, 0.2) is 71.6 Å². The molecule has 0 saturated heterocycles. The molecule has 166 valence electrons. The summed E-state index contributed by atoms with van der Waals surface area (Å²) in [7, 11) is -4.25. The highest BCUT2D eigenvalue weighted by Crippen LogP contribution is 2.39. The lowest BCUT2D eigenvalue weighted by Crippen LogP contribution is -2.42. The van der Waals surface area contributed by atoms with E-state index in [1.54, 1.807) is 18.2 Å². The van der Waals surface area contributed by atoms with Crippen LogP contribution in [0.5, 0.6) is 0 Å². The minimum atomic E-state index is -4.56. The molecule has 32 heavy (non-hydrogen) atoms. The van der Waals surface area contributed by atoms with E-state index in [9.17, 15) is 31.5 Å². The van der Waals surface area contributed by atoms with Gasteiger partial charge in [0.1, 0.15) is 6.04 Å². The smallest absolute Gasteiger partial charge is 0.416 e. The maximum Gasteiger partial charge on any atom is 0.416 e. The van der Waals surface area contributed by atoms with Crippen molar-refractivity contribution in [3.8, 4) is 11.1 Å². The summed E-state index contributed by atoms with van der Waals surface area (Å²) in [6.07, 6.45) is -4.53. The number of sulfonamides is 1. The van der Waals surface area contributed by atoms with E-state index in [1.165, 1.54) is 30.3 Å². The molecule has 3 aromatic rings. The Morgan fingerprint density at radius 3 is 2.31 bits per heavy atom. The van der Waals surface area contributed by atoms with Crippen molar-refractivity contribution in [1.29, 1.82) is 0 Å². The molecule has 1 aliphatic rings. The molecule has 4 rings (SSSR count). The molecule has 10 heteroatoms. The van der Waals surface area contributed by atoms with Crippen LogP contribution in [-0.2, 0) is 27.4 Å². The van der Waals surface area contributed by atoms with Gasteiger partial charge in [0, 0.05) is 17.0 Å². The van der Waals surface area contributed by atoms with Crippen molar-refractivity contribution < 1.29 is 31.5 Å². The van der Waals surface area contributed by atoms with Gasteiger partial charge < -0.3 is 5.11 Å². The SMILES string of the molecule is O=C(O)[C@@H]1Cc2ccccc2N1S(=O)(=O)c1ccc(-c2cc(C(F)(F)F)ccc2Cl)cc1. The van der Waals surface area contributed by atoms with Crippen LogP contribution >= 0.6 is 11.6 Å². The lowest BCUT2D eigenvalue weighted by atomic mass is 10.0. The fraction of sp³-hybridized carbons (Fsp3) is 0.136. The van der Waals surface area contributed by atoms with Gasteiger partial charge in [-0.1, -0.05) is 41.9 Å². The molecule has 1 atom stereocenters. The second kappa shape index (κ2) is 7.83. The standard InChI is InChI=1S/C22H15ClF3NO4S/c23-18-10-7-15(22(24,25)26)12-17(18)13-5-8-16(9-6-13)32(30,31)27-19-4-2-1-3-14(19)11-20(27)21(28)29/h1-10,12,20H,11H2,(H,28,29)/t20-/m0/s1. The number of para-hydroxylation sites is 1. The Hall–Kier alpha value is -3.04. The zero-order valence-electron chi connectivity index (χ0n) is 16.2. The molecule has 0 bridgehead atoms. The molecular formula is C22H15ClF3NO4S. The monoisotopic (exact) mass is 481 g/mol. The van der Waals surface area contributed by atoms with Crippen LogP contribution in [-0.4, -0.2) is 25.5 Å². The topological polar surface area (TPSA) is 74.7 Å². The van der Waals surface area contributed by atoms with E-state index in [0.29, 0.717) is 5.56 Å². The summed E-state index contributed by atoms with van der Waals surface area (Å²) in [5.41, 5.74) is 0.379. The molecule has 0 spiro atoms. The lowest BCUT2D eigenvalue weighted by molar-refractivity contribution is -0.138. The number of aliphatic carboxylic acids is 1. The molecule has 5 nitrogen and oxygen atoms in total. The summed E-state index contributed by atoms with van der Waals surface area (Å²) in [4.78, 5) is 11.5. The molecule has 1 aliphatic heterocycles. The third kappa shape index (κ3) is 3.82. The number of alkyl halides is 3. The Morgan fingerprint density at radius 1 is 1.03 bits per heavy atom. The van der Waals surface area contributed by atoms with Crippen LogP contribution in [0.1, 0.15) is 11.1 Å². The number of carboxylic acid groups (broad SMARTS) is 1. The number of halogens is 4. The predicted molar refractivity (Wildman–Crippen MR) is 113 cm³/mol. The van der Waals surface area contributed by atoms with Crippen molar-refractivity contribution in [2.75, 3.05) is 4.31 Å². The van der Waals surface area contributed by atoms with E-state index in [4.69, 9.17) is 11.6 Å². The van der Waals surface area contributed by atoms with Gasteiger partial charge in [-0.2, -0.15) is 13.2 Å². The largest absolute Gasteiger partial charge is 0.480 e. The highest BCUT2D eigenvalue weighted by atomic mass is 35.5. The molecular weight excluding hydrogens is 467 g/mol. The van der Waals surface area contributed by atoms with Crippen molar-refractivity contribution >= 4 is 33.3 Å². The van der Waals surface area contributed by atoms with Gasteiger partial charge >= 0.3 is 12.1 Å². The summed E-state index contributed by atoms with van der Waals surface area (Å²) in [5, 5.41) is 9.65. The van der Waals surface area contributed by atoms with Gasteiger partial charge in [0.05, 0.1) is 16.1 Å². The van der Waals surface area contributed by atoms with Gasteiger partial charge in [-0.15, -0.1) is 0 Å². The van der Waals surface area contributed by atoms with Crippen LogP contribution in [0.3, 0.4) is 0 Å². The van der Waals surface area contributed by atoms with Gasteiger partial charge in [0.25, 0.3) is 10.0 Å². The first-order valence-corrected chi connectivity index (χ1v) is 11.1. The van der Waals surface area contributed by atoms with Crippen LogP contribution in [0, 0.1) is 0 Å². The highest BCUT2D eigenvalue weighted by molar-refractivity contribution is 7.93. The molecule has 0 amide bonds. The van der Waals surface area contributed by atoms with Crippen molar-refractivity contribution in [2.24, 2.45) is 0 Å². The number of hydrogen-bond acceptors (Lipinski definition) is 3. The molecule has 0 aromatic heterocycles. The average molecular weight is 482 g/mol. The number of anilines is 1. The lowest BCUT2D eigenvalue weighted by Gasteiger charge is -2.24. The molecule has 1 heterocycles. The maximum atomic E-state index is 13.3. The van der Waals surface area contributed by atoms with Crippen molar-refractivity contribution in [1.82, 2.24) is 0 Å². The second-order valence-electron chi connectivity index (χ2n) is 7.20. The highest BCUT2D eigenvalue weighted by Gasteiger charge is 2.42. The molecule has 0 radical (unpaired) electrons. The van der Waals surface area contributed by atoms with Crippen molar-refractivity contribution in [3.05, 3.63) is 82.9 Å². The van der Waals surface area contributed by atoms with Crippen LogP contribution in [0.25, 0.3) is 11.1 Å². The van der Waals surface area contributed by atoms with Gasteiger partial charge in [0.15, 0.2) is 0 Å². The Labute approximate surface area is 186 Å². The number of carbonyl (C=O) groups is 1. The van der Waals surface area contributed by atoms with E-state index in [-0.39, 0.29) is 33.2 Å². The molecule has 1 N–H and O–H groups in total. The second-order valence-corrected chi connectivity index (χ2v) is 9.43.